The van der Waals surface area contributed by atoms with Gasteiger partial charge in [-0.25, -0.2) is 0 Å². The Kier molecular flexibility index (Phi) is 5.28. The third kappa shape index (κ3) is 4.10. The van der Waals surface area contributed by atoms with Crippen LogP contribution in [0.25, 0.3) is 10.7 Å². The number of aromatic nitrogens is 3. The number of nitrogens with one attached hydrogen (secondary N) is 1. The monoisotopic (exact) mass is 338 g/mol. The van der Waals surface area contributed by atoms with Crippen molar-refractivity contribution < 1.29 is 4.79 Å². The van der Waals surface area contributed by atoms with E-state index in [1.54, 1.807) is 11.3 Å². The van der Waals surface area contributed by atoms with Crippen molar-refractivity contribution in [3.05, 3.63) is 17.5 Å². The predicted octanol–water partition coefficient (Wildman–Crippen LogP) is 3.42. The van der Waals surface area contributed by atoms with E-state index in [2.05, 4.69) is 27.0 Å². The van der Waals surface area contributed by atoms with Crippen LogP contribution in [0.2, 0.25) is 0 Å². The lowest BCUT2D eigenvalue weighted by molar-refractivity contribution is -0.121. The Morgan fingerprint density at radius 3 is 2.73 bits per heavy atom. The summed E-state index contributed by atoms with van der Waals surface area (Å²) in [7, 11) is 0. The fourth-order valence-electron chi connectivity index (χ4n) is 1.93. The summed E-state index contributed by atoms with van der Waals surface area (Å²) in [5, 5.41) is 14.1. The maximum Gasteiger partial charge on any atom is 0.233 e. The van der Waals surface area contributed by atoms with Gasteiger partial charge in [0.25, 0.3) is 0 Å². The Hall–Kier alpha value is -1.34. The van der Waals surface area contributed by atoms with Crippen molar-refractivity contribution in [1.29, 1.82) is 0 Å². The fraction of sp³-hybridized carbons (Fsp3) is 0.533. The molecule has 0 aromatic carbocycles. The first kappa shape index (κ1) is 17.0. The van der Waals surface area contributed by atoms with E-state index in [-0.39, 0.29) is 16.7 Å². The van der Waals surface area contributed by atoms with Crippen LogP contribution in [-0.2, 0) is 11.3 Å². The molecule has 1 atom stereocenters. The minimum absolute atomic E-state index is 0.0147. The molecule has 2 rings (SSSR count). The van der Waals surface area contributed by atoms with Crippen LogP contribution >= 0.6 is 23.1 Å². The Bertz CT molecular complexity index is 629. The van der Waals surface area contributed by atoms with Crippen LogP contribution in [0.4, 0.5) is 0 Å². The molecule has 0 bridgehead atoms. The summed E-state index contributed by atoms with van der Waals surface area (Å²) in [6, 6.07) is 4.03. The van der Waals surface area contributed by atoms with Crippen molar-refractivity contribution in [2.24, 2.45) is 0 Å². The van der Waals surface area contributed by atoms with E-state index >= 15 is 0 Å². The molecule has 2 aromatic heterocycles. The average molecular weight is 339 g/mol. The second kappa shape index (κ2) is 6.83. The Morgan fingerprint density at radius 1 is 1.45 bits per heavy atom. The molecule has 2 heterocycles. The second-order valence-electron chi connectivity index (χ2n) is 6.03. The van der Waals surface area contributed by atoms with Gasteiger partial charge in [-0.05, 0) is 46.1 Å². The van der Waals surface area contributed by atoms with E-state index in [0.29, 0.717) is 0 Å². The van der Waals surface area contributed by atoms with Gasteiger partial charge in [0.2, 0.25) is 5.91 Å². The molecule has 0 saturated heterocycles. The third-order valence-electron chi connectivity index (χ3n) is 2.92. The molecule has 0 aliphatic rings. The number of thioether (sulfide) groups is 1. The molecule has 1 N–H and O–H groups in total. The van der Waals surface area contributed by atoms with E-state index in [9.17, 15) is 4.79 Å². The number of rotatable bonds is 5. The molecule has 0 spiro atoms. The van der Waals surface area contributed by atoms with E-state index < -0.39 is 0 Å². The molecule has 0 unspecified atom stereocenters. The molecule has 22 heavy (non-hydrogen) atoms. The van der Waals surface area contributed by atoms with Crippen molar-refractivity contribution in [1.82, 2.24) is 20.1 Å². The van der Waals surface area contributed by atoms with Crippen LogP contribution in [-0.4, -0.2) is 31.5 Å². The van der Waals surface area contributed by atoms with E-state index in [1.165, 1.54) is 11.8 Å². The van der Waals surface area contributed by atoms with Gasteiger partial charge in [0.15, 0.2) is 11.0 Å². The summed E-state index contributed by atoms with van der Waals surface area (Å²) in [4.78, 5) is 13.3. The summed E-state index contributed by atoms with van der Waals surface area (Å²) >= 11 is 3.08. The van der Waals surface area contributed by atoms with Crippen LogP contribution in [0.15, 0.2) is 22.7 Å². The SMILES string of the molecule is CCn1c(S[C@H](C)C(=O)NC(C)(C)C)nnc1-c1cccs1. The molecular formula is C15H22N4OS2. The van der Waals surface area contributed by atoms with Gasteiger partial charge >= 0.3 is 0 Å². The molecule has 0 radical (unpaired) electrons. The molecule has 5 nitrogen and oxygen atoms in total. The number of hydrogen-bond donors (Lipinski definition) is 1. The van der Waals surface area contributed by atoms with Gasteiger partial charge in [-0.2, -0.15) is 0 Å². The number of carbonyl (C=O) groups excluding carboxylic acids is 1. The van der Waals surface area contributed by atoms with Crippen LogP contribution in [0.5, 0.6) is 0 Å². The molecule has 120 valence electrons. The number of thiophene rings is 1. The maximum atomic E-state index is 12.2. The molecule has 1 amide bonds. The molecule has 0 aliphatic heterocycles. The molecule has 0 aliphatic carbocycles. The van der Waals surface area contributed by atoms with Gasteiger partial charge in [0.05, 0.1) is 10.1 Å². The normalized spacial score (nSPS) is 13.1. The smallest absolute Gasteiger partial charge is 0.233 e. The van der Waals surface area contributed by atoms with Crippen LogP contribution in [0, 0.1) is 0 Å². The number of nitrogens with zero attached hydrogens (tertiary/aromatic N) is 3. The highest BCUT2D eigenvalue weighted by Crippen LogP contribution is 2.29. The second-order valence-corrected chi connectivity index (χ2v) is 8.28. The van der Waals surface area contributed by atoms with E-state index in [0.717, 1.165) is 22.4 Å². The highest BCUT2D eigenvalue weighted by atomic mass is 32.2. The van der Waals surface area contributed by atoms with Crippen molar-refractivity contribution >= 4 is 29.0 Å². The fourth-order valence-corrected chi connectivity index (χ4v) is 3.56. The molecule has 7 heteroatoms. The zero-order chi connectivity index (χ0) is 16.3. The van der Waals surface area contributed by atoms with Crippen molar-refractivity contribution in [2.75, 3.05) is 0 Å². The van der Waals surface area contributed by atoms with Gasteiger partial charge in [0, 0.05) is 12.1 Å². The summed E-state index contributed by atoms with van der Waals surface area (Å²) in [6.07, 6.45) is 0. The zero-order valence-corrected chi connectivity index (χ0v) is 15.2. The summed E-state index contributed by atoms with van der Waals surface area (Å²) in [5.41, 5.74) is -0.230. The highest BCUT2D eigenvalue weighted by molar-refractivity contribution is 8.00. The first-order chi connectivity index (χ1) is 10.3. The Labute approximate surface area is 139 Å². The predicted molar refractivity (Wildman–Crippen MR) is 92.2 cm³/mol. The van der Waals surface area contributed by atoms with Crippen LogP contribution in [0.3, 0.4) is 0 Å². The van der Waals surface area contributed by atoms with Gasteiger partial charge < -0.3 is 9.88 Å². The molecule has 2 aromatic rings. The molecular weight excluding hydrogens is 316 g/mol. The Balaban J connectivity index is 2.15. The summed E-state index contributed by atoms with van der Waals surface area (Å²) in [5.74, 6) is 0.879. The van der Waals surface area contributed by atoms with Gasteiger partial charge in [-0.15, -0.1) is 21.5 Å². The quantitative estimate of drug-likeness (QED) is 0.849. The lowest BCUT2D eigenvalue weighted by atomic mass is 10.1. The largest absolute Gasteiger partial charge is 0.351 e. The topological polar surface area (TPSA) is 59.8 Å². The first-order valence-corrected chi connectivity index (χ1v) is 9.03. The van der Waals surface area contributed by atoms with Crippen LogP contribution < -0.4 is 5.32 Å². The molecule has 0 fully saturated rings. The first-order valence-electron chi connectivity index (χ1n) is 7.27. The van der Waals surface area contributed by atoms with Crippen molar-refractivity contribution in [3.8, 4) is 10.7 Å². The minimum atomic E-state index is -0.230. The van der Waals surface area contributed by atoms with Gasteiger partial charge in [-0.3, -0.25) is 4.79 Å². The third-order valence-corrected chi connectivity index (χ3v) is 4.87. The lowest BCUT2D eigenvalue weighted by Crippen LogP contribution is -2.44. The summed E-state index contributed by atoms with van der Waals surface area (Å²) in [6.45, 7) is 10.7. The van der Waals surface area contributed by atoms with E-state index in [1.807, 2.05) is 45.2 Å². The highest BCUT2D eigenvalue weighted by Gasteiger charge is 2.23. The van der Waals surface area contributed by atoms with Gasteiger partial charge in [-0.1, -0.05) is 17.8 Å². The average Bonchev–Trinajstić information content (AvgIpc) is 3.04. The number of hydrogen-bond acceptors (Lipinski definition) is 5. The Morgan fingerprint density at radius 2 is 2.18 bits per heavy atom. The zero-order valence-electron chi connectivity index (χ0n) is 13.6. The maximum absolute atomic E-state index is 12.2. The minimum Gasteiger partial charge on any atom is -0.351 e. The number of carbonyl (C=O) groups is 1. The van der Waals surface area contributed by atoms with Gasteiger partial charge in [0.1, 0.15) is 0 Å². The summed E-state index contributed by atoms with van der Waals surface area (Å²) < 4.78 is 2.05. The van der Waals surface area contributed by atoms with Crippen molar-refractivity contribution in [2.45, 2.75) is 57.1 Å². The number of amides is 1. The standard InChI is InChI=1S/C15H22N4OS2/c1-6-19-12(11-8-7-9-21-11)17-18-14(19)22-10(2)13(20)16-15(3,4)5/h7-10H,6H2,1-5H3,(H,16,20)/t10-/m1/s1. The molecule has 0 saturated carbocycles. The lowest BCUT2D eigenvalue weighted by Gasteiger charge is -2.22. The van der Waals surface area contributed by atoms with Crippen molar-refractivity contribution in [3.63, 3.8) is 0 Å². The van der Waals surface area contributed by atoms with Crippen LogP contribution in [0.1, 0.15) is 34.6 Å². The van der Waals surface area contributed by atoms with E-state index in [4.69, 9.17) is 0 Å².